The Kier molecular flexibility index (Phi) is 8.49. The lowest BCUT2D eigenvalue weighted by Crippen LogP contribution is -2.34. The minimum absolute atomic E-state index is 0.0399. The van der Waals surface area contributed by atoms with Crippen molar-refractivity contribution in [3.63, 3.8) is 0 Å². The van der Waals surface area contributed by atoms with Gasteiger partial charge in [0, 0.05) is 5.56 Å². The number of benzene rings is 2. The molecule has 1 atom stereocenters. The van der Waals surface area contributed by atoms with Crippen LogP contribution in [0.25, 0.3) is 5.83 Å². The fourth-order valence-corrected chi connectivity index (χ4v) is 3.38. The zero-order valence-corrected chi connectivity index (χ0v) is 18.7. The van der Waals surface area contributed by atoms with Gasteiger partial charge in [0.1, 0.15) is 11.7 Å². The highest BCUT2D eigenvalue weighted by atomic mass is 35.5. The summed E-state index contributed by atoms with van der Waals surface area (Å²) in [5.41, 5.74) is 0.680. The third-order valence-corrected chi connectivity index (χ3v) is 5.50. The van der Waals surface area contributed by atoms with Crippen molar-refractivity contribution in [1.82, 2.24) is 5.32 Å². The number of carbonyl (C=O) groups excluding carboxylic acids is 2. The lowest BCUT2D eigenvalue weighted by atomic mass is 9.95. The molecule has 0 saturated heterocycles. The molecule has 2 rings (SSSR count). The lowest BCUT2D eigenvalue weighted by Gasteiger charge is -2.19. The van der Waals surface area contributed by atoms with Crippen LogP contribution in [-0.4, -0.2) is 24.5 Å². The first-order valence-corrected chi connectivity index (χ1v) is 10.0. The van der Waals surface area contributed by atoms with E-state index >= 15 is 0 Å². The van der Waals surface area contributed by atoms with Gasteiger partial charge < -0.3 is 11.1 Å². The summed E-state index contributed by atoms with van der Waals surface area (Å²) in [4.78, 5) is 22.7. The molecular formula is C20H12Cl3F7N2O2. The standard InChI is InChI=1S/C20H12Cl3F7N2O2/c21-13-4-9(5-14(22)17(13)23)11(19(25,26)27)6-15(24)8-1-2-10(12(3-8)20(28,29)30)18(34)32-7-16(31)33/h1-6,11H,7H2,(H2,31,33)(H,32,34). The number of nitrogens with two attached hydrogens (primary N) is 1. The normalized spacial score (nSPS) is 13.5. The van der Waals surface area contributed by atoms with E-state index < -0.39 is 64.7 Å². The number of hydrogen-bond acceptors (Lipinski definition) is 2. The van der Waals surface area contributed by atoms with Gasteiger partial charge in [-0.25, -0.2) is 4.39 Å². The van der Waals surface area contributed by atoms with Crippen LogP contribution in [0.2, 0.25) is 15.1 Å². The number of alkyl halides is 6. The third kappa shape index (κ3) is 6.77. The number of amides is 2. The van der Waals surface area contributed by atoms with Gasteiger partial charge in [-0.2, -0.15) is 26.3 Å². The third-order valence-electron chi connectivity index (χ3n) is 4.30. The second-order valence-corrected chi connectivity index (χ2v) is 7.93. The van der Waals surface area contributed by atoms with Crippen molar-refractivity contribution in [3.05, 3.63) is 73.7 Å². The molecule has 0 fully saturated rings. The van der Waals surface area contributed by atoms with Crippen molar-refractivity contribution in [2.75, 3.05) is 6.54 Å². The number of hydrogen-bond donors (Lipinski definition) is 2. The molecule has 2 amide bonds. The molecule has 14 heteroatoms. The van der Waals surface area contributed by atoms with E-state index in [4.69, 9.17) is 40.5 Å². The fraction of sp³-hybridized carbons (Fsp3) is 0.200. The van der Waals surface area contributed by atoms with E-state index in [9.17, 15) is 40.3 Å². The first-order valence-electron chi connectivity index (χ1n) is 8.89. The maximum atomic E-state index is 14.8. The SMILES string of the molecule is NC(=O)CNC(=O)c1ccc(C(F)=CC(c2cc(Cl)c(Cl)c(Cl)c2)C(F)(F)F)cc1C(F)(F)F. The Morgan fingerprint density at radius 3 is 2.03 bits per heavy atom. The summed E-state index contributed by atoms with van der Waals surface area (Å²) in [5.74, 6) is -6.69. The Labute approximate surface area is 202 Å². The molecule has 4 nitrogen and oxygen atoms in total. The summed E-state index contributed by atoms with van der Waals surface area (Å²) in [6, 6.07) is 2.99. The quantitative estimate of drug-likeness (QED) is 0.316. The number of carbonyl (C=O) groups is 2. The zero-order chi connectivity index (χ0) is 26.0. The molecule has 0 saturated carbocycles. The van der Waals surface area contributed by atoms with Gasteiger partial charge in [-0.1, -0.05) is 40.9 Å². The van der Waals surface area contributed by atoms with Gasteiger partial charge in [-0.05, 0) is 35.9 Å². The highest BCUT2D eigenvalue weighted by Crippen LogP contribution is 2.42. The summed E-state index contributed by atoms with van der Waals surface area (Å²) in [7, 11) is 0. The minimum Gasteiger partial charge on any atom is -0.368 e. The molecule has 0 aliphatic carbocycles. The van der Waals surface area contributed by atoms with Crippen LogP contribution in [0.5, 0.6) is 0 Å². The van der Waals surface area contributed by atoms with Gasteiger partial charge in [-0.3, -0.25) is 9.59 Å². The molecule has 0 aliphatic heterocycles. The Hall–Kier alpha value is -2.50. The largest absolute Gasteiger partial charge is 0.417 e. The number of halogens is 10. The van der Waals surface area contributed by atoms with Crippen LogP contribution in [0.4, 0.5) is 30.7 Å². The molecule has 184 valence electrons. The molecule has 2 aromatic rings. The van der Waals surface area contributed by atoms with Gasteiger partial charge in [0.05, 0.1) is 32.7 Å². The first-order chi connectivity index (χ1) is 15.5. The molecular weight excluding hydrogens is 540 g/mol. The van der Waals surface area contributed by atoms with Crippen LogP contribution in [-0.2, 0) is 11.0 Å². The minimum atomic E-state index is -5.18. The van der Waals surface area contributed by atoms with E-state index in [1.165, 1.54) is 0 Å². The molecule has 34 heavy (non-hydrogen) atoms. The Bertz CT molecular complexity index is 1120. The summed E-state index contributed by atoms with van der Waals surface area (Å²) in [5, 5.41) is 0.905. The molecule has 1 unspecified atom stereocenters. The van der Waals surface area contributed by atoms with Crippen molar-refractivity contribution in [1.29, 1.82) is 0 Å². The van der Waals surface area contributed by atoms with Crippen LogP contribution in [0, 0.1) is 0 Å². The highest BCUT2D eigenvalue weighted by molar-refractivity contribution is 6.48. The maximum Gasteiger partial charge on any atom is 0.417 e. The molecule has 0 aromatic heterocycles. The molecule has 0 radical (unpaired) electrons. The van der Waals surface area contributed by atoms with E-state index in [0.717, 1.165) is 12.1 Å². The van der Waals surface area contributed by atoms with Gasteiger partial charge in [0.15, 0.2) is 0 Å². The first kappa shape index (κ1) is 27.7. The van der Waals surface area contributed by atoms with E-state index in [1.807, 2.05) is 5.32 Å². The molecule has 3 N–H and O–H groups in total. The van der Waals surface area contributed by atoms with Crippen molar-refractivity contribution >= 4 is 52.4 Å². The Balaban J connectivity index is 2.57. The van der Waals surface area contributed by atoms with Crippen LogP contribution < -0.4 is 11.1 Å². The second kappa shape index (κ2) is 10.4. The maximum absolute atomic E-state index is 14.8. The molecule has 0 aliphatic rings. The van der Waals surface area contributed by atoms with Gasteiger partial charge in [0.25, 0.3) is 5.91 Å². The average Bonchev–Trinajstić information content (AvgIpc) is 2.71. The summed E-state index contributed by atoms with van der Waals surface area (Å²) >= 11 is 17.2. The van der Waals surface area contributed by atoms with Gasteiger partial charge in [-0.15, -0.1) is 0 Å². The topological polar surface area (TPSA) is 72.2 Å². The van der Waals surface area contributed by atoms with Crippen molar-refractivity contribution in [2.45, 2.75) is 18.3 Å². The Morgan fingerprint density at radius 2 is 1.56 bits per heavy atom. The summed E-state index contributed by atoms with van der Waals surface area (Å²) in [6.07, 6.45) is -10.2. The van der Waals surface area contributed by atoms with Crippen molar-refractivity contribution in [2.24, 2.45) is 5.73 Å². The predicted molar refractivity (Wildman–Crippen MR) is 112 cm³/mol. The van der Waals surface area contributed by atoms with Gasteiger partial charge in [0.2, 0.25) is 5.91 Å². The number of primary amides is 1. The van der Waals surface area contributed by atoms with E-state index in [1.54, 1.807) is 0 Å². The van der Waals surface area contributed by atoms with Crippen LogP contribution in [0.1, 0.15) is 33.0 Å². The van der Waals surface area contributed by atoms with Crippen LogP contribution in [0.15, 0.2) is 36.4 Å². The predicted octanol–water partition coefficient (Wildman–Crippen LogP) is 6.54. The van der Waals surface area contributed by atoms with Crippen molar-refractivity contribution < 1.29 is 40.3 Å². The Morgan fingerprint density at radius 1 is 1.00 bits per heavy atom. The average molecular weight is 552 g/mol. The summed E-state index contributed by atoms with van der Waals surface area (Å²) in [6.45, 7) is -0.772. The summed E-state index contributed by atoms with van der Waals surface area (Å²) < 4.78 is 96.1. The fourth-order valence-electron chi connectivity index (χ4n) is 2.76. The lowest BCUT2D eigenvalue weighted by molar-refractivity contribution is -0.140. The number of allylic oxidation sites excluding steroid dienone is 1. The van der Waals surface area contributed by atoms with E-state index in [-0.39, 0.29) is 27.2 Å². The van der Waals surface area contributed by atoms with Crippen molar-refractivity contribution in [3.8, 4) is 0 Å². The molecule has 2 aromatic carbocycles. The van der Waals surface area contributed by atoms with E-state index in [0.29, 0.717) is 12.1 Å². The smallest absolute Gasteiger partial charge is 0.368 e. The number of rotatable bonds is 6. The number of nitrogens with one attached hydrogen (secondary N) is 1. The highest BCUT2D eigenvalue weighted by Gasteiger charge is 2.41. The molecule has 0 spiro atoms. The second-order valence-electron chi connectivity index (χ2n) is 6.74. The monoisotopic (exact) mass is 550 g/mol. The zero-order valence-electron chi connectivity index (χ0n) is 16.4. The van der Waals surface area contributed by atoms with Crippen LogP contribution >= 0.6 is 34.8 Å². The van der Waals surface area contributed by atoms with E-state index in [2.05, 4.69) is 0 Å². The van der Waals surface area contributed by atoms with Gasteiger partial charge >= 0.3 is 12.4 Å². The molecule has 0 heterocycles. The van der Waals surface area contributed by atoms with Crippen LogP contribution in [0.3, 0.4) is 0 Å². The molecule has 0 bridgehead atoms.